The normalized spacial score (nSPS) is 19.8. The Balaban J connectivity index is 1.92. The maximum Gasteiger partial charge on any atom is 0.203 e. The Morgan fingerprint density at radius 1 is 1.30 bits per heavy atom. The number of aromatic nitrogens is 2. The highest BCUT2D eigenvalue weighted by Gasteiger charge is 2.17. The van der Waals surface area contributed by atoms with Crippen LogP contribution in [-0.4, -0.2) is 53.8 Å². The number of imidazole rings is 1. The topological polar surface area (TPSA) is 42.3 Å². The molecule has 2 heterocycles. The molecule has 0 spiro atoms. The summed E-state index contributed by atoms with van der Waals surface area (Å²) in [5.41, 5.74) is 0. The molecule has 2 rings (SSSR count). The second-order valence-corrected chi connectivity index (χ2v) is 5.87. The Morgan fingerprint density at radius 3 is 2.75 bits per heavy atom. The standard InChI is InChI=1S/C15H28N4O/c1-13(12-20-3)17-15-16-7-10-19(15)14(2)11-18-8-5-4-6-9-18/h7,10,13-14H,4-6,8-9,11-12H2,1-3H3,(H,16,17). The fourth-order valence-corrected chi connectivity index (χ4v) is 2.90. The Kier molecular flexibility index (Phi) is 5.86. The number of likely N-dealkylation sites (tertiary alicyclic amines) is 1. The molecule has 0 saturated carbocycles. The average molecular weight is 280 g/mol. The third-order valence-electron chi connectivity index (χ3n) is 3.91. The van der Waals surface area contributed by atoms with Crippen LogP contribution in [0.2, 0.25) is 0 Å². The minimum atomic E-state index is 0.267. The first-order chi connectivity index (χ1) is 9.70. The van der Waals surface area contributed by atoms with Crippen molar-refractivity contribution in [2.45, 2.75) is 45.2 Å². The second-order valence-electron chi connectivity index (χ2n) is 5.87. The summed E-state index contributed by atoms with van der Waals surface area (Å²) in [6.45, 7) is 8.64. The summed E-state index contributed by atoms with van der Waals surface area (Å²) in [6.07, 6.45) is 8.00. The first-order valence-corrected chi connectivity index (χ1v) is 7.71. The lowest BCUT2D eigenvalue weighted by Crippen LogP contribution is -2.34. The van der Waals surface area contributed by atoms with Gasteiger partial charge in [0.15, 0.2) is 0 Å². The number of hydrogen-bond acceptors (Lipinski definition) is 4. The molecule has 1 fully saturated rings. The molecule has 1 aromatic heterocycles. The Bertz CT molecular complexity index is 387. The summed E-state index contributed by atoms with van der Waals surface area (Å²) in [5, 5.41) is 3.42. The second kappa shape index (κ2) is 7.64. The van der Waals surface area contributed by atoms with E-state index >= 15 is 0 Å². The molecule has 0 aromatic carbocycles. The summed E-state index contributed by atoms with van der Waals surface area (Å²) in [4.78, 5) is 7.00. The van der Waals surface area contributed by atoms with E-state index in [0.29, 0.717) is 12.6 Å². The molecule has 0 bridgehead atoms. The molecule has 2 unspecified atom stereocenters. The molecule has 5 nitrogen and oxygen atoms in total. The van der Waals surface area contributed by atoms with Crippen LogP contribution in [0.15, 0.2) is 12.4 Å². The van der Waals surface area contributed by atoms with Crippen molar-refractivity contribution in [2.75, 3.05) is 38.7 Å². The number of piperidine rings is 1. The van der Waals surface area contributed by atoms with Crippen LogP contribution in [0, 0.1) is 0 Å². The van der Waals surface area contributed by atoms with Crippen LogP contribution in [0.1, 0.15) is 39.2 Å². The highest BCUT2D eigenvalue weighted by Crippen LogP contribution is 2.18. The maximum absolute atomic E-state index is 5.17. The van der Waals surface area contributed by atoms with E-state index in [1.54, 1.807) is 7.11 Å². The van der Waals surface area contributed by atoms with Gasteiger partial charge in [0.05, 0.1) is 6.61 Å². The van der Waals surface area contributed by atoms with E-state index in [2.05, 4.69) is 39.8 Å². The largest absolute Gasteiger partial charge is 0.383 e. The van der Waals surface area contributed by atoms with E-state index in [-0.39, 0.29) is 6.04 Å². The summed E-state index contributed by atoms with van der Waals surface area (Å²) in [7, 11) is 1.73. The summed E-state index contributed by atoms with van der Waals surface area (Å²) < 4.78 is 7.40. The third kappa shape index (κ3) is 4.21. The summed E-state index contributed by atoms with van der Waals surface area (Å²) in [6, 6.07) is 0.705. The highest BCUT2D eigenvalue weighted by atomic mass is 16.5. The van der Waals surface area contributed by atoms with Gasteiger partial charge in [-0.3, -0.25) is 0 Å². The van der Waals surface area contributed by atoms with Crippen LogP contribution < -0.4 is 5.32 Å². The lowest BCUT2D eigenvalue weighted by atomic mass is 10.1. The summed E-state index contributed by atoms with van der Waals surface area (Å²) in [5.74, 6) is 0.944. The maximum atomic E-state index is 5.17. The molecule has 0 aliphatic carbocycles. The number of ether oxygens (including phenoxy) is 1. The highest BCUT2D eigenvalue weighted by molar-refractivity contribution is 5.28. The van der Waals surface area contributed by atoms with Gasteiger partial charge in [-0.1, -0.05) is 6.42 Å². The zero-order valence-electron chi connectivity index (χ0n) is 13.0. The van der Waals surface area contributed by atoms with Gasteiger partial charge in [-0.15, -0.1) is 0 Å². The van der Waals surface area contributed by atoms with Crippen molar-refractivity contribution in [2.24, 2.45) is 0 Å². The first kappa shape index (κ1) is 15.3. The minimum Gasteiger partial charge on any atom is -0.383 e. The van der Waals surface area contributed by atoms with Gasteiger partial charge in [0.2, 0.25) is 5.95 Å². The van der Waals surface area contributed by atoms with Crippen molar-refractivity contribution in [3.63, 3.8) is 0 Å². The summed E-state index contributed by atoms with van der Waals surface area (Å²) >= 11 is 0. The number of hydrogen-bond donors (Lipinski definition) is 1. The van der Waals surface area contributed by atoms with Crippen molar-refractivity contribution in [1.29, 1.82) is 0 Å². The van der Waals surface area contributed by atoms with Gasteiger partial charge in [-0.05, 0) is 39.8 Å². The van der Waals surface area contributed by atoms with Crippen molar-refractivity contribution in [3.05, 3.63) is 12.4 Å². The first-order valence-electron chi connectivity index (χ1n) is 7.71. The van der Waals surface area contributed by atoms with E-state index in [1.807, 2.05) is 6.20 Å². The van der Waals surface area contributed by atoms with Gasteiger partial charge in [0.1, 0.15) is 0 Å². The third-order valence-corrected chi connectivity index (χ3v) is 3.91. The van der Waals surface area contributed by atoms with Gasteiger partial charge >= 0.3 is 0 Å². The SMILES string of the molecule is COCC(C)Nc1nccn1C(C)CN1CCCCC1. The zero-order chi connectivity index (χ0) is 14.4. The van der Waals surface area contributed by atoms with Crippen LogP contribution in [0.5, 0.6) is 0 Å². The molecular weight excluding hydrogens is 252 g/mol. The van der Waals surface area contributed by atoms with Crippen molar-refractivity contribution in [1.82, 2.24) is 14.5 Å². The van der Waals surface area contributed by atoms with Gasteiger partial charge in [0, 0.05) is 38.1 Å². The van der Waals surface area contributed by atoms with E-state index in [1.165, 1.54) is 32.4 Å². The van der Waals surface area contributed by atoms with E-state index in [9.17, 15) is 0 Å². The number of rotatable bonds is 7. The van der Waals surface area contributed by atoms with Gasteiger partial charge in [0.25, 0.3) is 0 Å². The molecule has 2 atom stereocenters. The van der Waals surface area contributed by atoms with E-state index in [0.717, 1.165) is 12.5 Å². The molecule has 1 aliphatic heterocycles. The molecular formula is C15H28N4O. The smallest absolute Gasteiger partial charge is 0.203 e. The minimum absolute atomic E-state index is 0.267. The predicted molar refractivity (Wildman–Crippen MR) is 82.2 cm³/mol. The fourth-order valence-electron chi connectivity index (χ4n) is 2.90. The Morgan fingerprint density at radius 2 is 2.05 bits per heavy atom. The number of nitrogens with one attached hydrogen (secondary N) is 1. The van der Waals surface area contributed by atoms with Crippen LogP contribution >= 0.6 is 0 Å². The van der Waals surface area contributed by atoms with Crippen LogP contribution in [0.4, 0.5) is 5.95 Å². The van der Waals surface area contributed by atoms with Gasteiger partial charge in [-0.25, -0.2) is 4.98 Å². The van der Waals surface area contributed by atoms with E-state index in [4.69, 9.17) is 4.74 Å². The van der Waals surface area contributed by atoms with Gasteiger partial charge in [-0.2, -0.15) is 0 Å². The molecule has 5 heteroatoms. The Labute approximate surface area is 122 Å². The number of nitrogens with zero attached hydrogens (tertiary/aromatic N) is 3. The monoisotopic (exact) mass is 280 g/mol. The lowest BCUT2D eigenvalue weighted by Gasteiger charge is -2.30. The van der Waals surface area contributed by atoms with Crippen LogP contribution in [-0.2, 0) is 4.74 Å². The van der Waals surface area contributed by atoms with Crippen LogP contribution in [0.3, 0.4) is 0 Å². The quantitative estimate of drug-likeness (QED) is 0.832. The van der Waals surface area contributed by atoms with Crippen LogP contribution in [0.25, 0.3) is 0 Å². The molecule has 0 radical (unpaired) electrons. The molecule has 114 valence electrons. The predicted octanol–water partition coefficient (Wildman–Crippen LogP) is 2.38. The number of methoxy groups -OCH3 is 1. The molecule has 1 aliphatic rings. The molecule has 20 heavy (non-hydrogen) atoms. The molecule has 1 N–H and O–H groups in total. The fraction of sp³-hybridized carbons (Fsp3) is 0.800. The van der Waals surface area contributed by atoms with Crippen molar-refractivity contribution in [3.8, 4) is 0 Å². The zero-order valence-corrected chi connectivity index (χ0v) is 13.0. The van der Waals surface area contributed by atoms with E-state index < -0.39 is 0 Å². The number of anilines is 1. The van der Waals surface area contributed by atoms with Gasteiger partial charge < -0.3 is 19.5 Å². The molecule has 0 amide bonds. The lowest BCUT2D eigenvalue weighted by molar-refractivity contribution is 0.189. The Hall–Kier alpha value is -1.07. The van der Waals surface area contributed by atoms with Crippen molar-refractivity contribution >= 4 is 5.95 Å². The van der Waals surface area contributed by atoms with Crippen molar-refractivity contribution < 1.29 is 4.74 Å². The molecule has 1 aromatic rings. The average Bonchev–Trinajstić information content (AvgIpc) is 2.88. The molecule has 1 saturated heterocycles.